The first kappa shape index (κ1) is 14.5. The molecule has 0 aliphatic carbocycles. The van der Waals surface area contributed by atoms with E-state index in [1.165, 1.54) is 25.9 Å². The molecule has 1 aliphatic rings. The molecule has 0 amide bonds. The molecule has 100 valence electrons. The normalized spacial score (nSPS) is 22.3. The Balaban J connectivity index is 2.22. The predicted molar refractivity (Wildman–Crippen MR) is 69.2 cm³/mol. The van der Waals surface area contributed by atoms with Crippen molar-refractivity contribution >= 4 is 5.97 Å². The number of carboxylic acid groups (broad SMARTS) is 1. The van der Waals surface area contributed by atoms with E-state index in [1.54, 1.807) is 0 Å². The predicted octanol–water partition coefficient (Wildman–Crippen LogP) is 1.56. The number of hydrogen-bond donors (Lipinski definition) is 2. The summed E-state index contributed by atoms with van der Waals surface area (Å²) in [5.74, 6) is -0.704. The second-order valence-corrected chi connectivity index (χ2v) is 5.83. The molecule has 1 aliphatic heterocycles. The maximum Gasteiger partial charge on any atom is 0.303 e. The van der Waals surface area contributed by atoms with Crippen molar-refractivity contribution in [1.82, 2.24) is 10.2 Å². The molecular formula is C13H26N2O2. The molecule has 1 fully saturated rings. The Morgan fingerprint density at radius 1 is 1.47 bits per heavy atom. The molecule has 0 spiro atoms. The standard InChI is InChI=1S/C13H26N2O2/c1-11(4-5-12(16)17)14-10-13(2)6-8-15(3)9-7-13/h11,14H,4-10H2,1-3H3,(H,16,17). The first-order chi connectivity index (χ1) is 7.91. The van der Waals surface area contributed by atoms with E-state index >= 15 is 0 Å². The van der Waals surface area contributed by atoms with Crippen LogP contribution in [0.3, 0.4) is 0 Å². The summed E-state index contributed by atoms with van der Waals surface area (Å²) < 4.78 is 0. The number of carboxylic acids is 1. The molecule has 0 saturated carbocycles. The highest BCUT2D eigenvalue weighted by molar-refractivity contribution is 5.66. The van der Waals surface area contributed by atoms with Crippen LogP contribution in [0.5, 0.6) is 0 Å². The van der Waals surface area contributed by atoms with E-state index in [9.17, 15) is 4.79 Å². The third kappa shape index (κ3) is 5.50. The Bertz CT molecular complexity index is 248. The van der Waals surface area contributed by atoms with E-state index < -0.39 is 5.97 Å². The highest BCUT2D eigenvalue weighted by atomic mass is 16.4. The first-order valence-electron chi connectivity index (χ1n) is 6.55. The number of hydrogen-bond acceptors (Lipinski definition) is 3. The van der Waals surface area contributed by atoms with Gasteiger partial charge in [-0.3, -0.25) is 4.79 Å². The van der Waals surface area contributed by atoms with Crippen molar-refractivity contribution in [2.45, 2.75) is 45.6 Å². The topological polar surface area (TPSA) is 52.6 Å². The zero-order chi connectivity index (χ0) is 12.9. The van der Waals surface area contributed by atoms with E-state index in [2.05, 4.69) is 31.1 Å². The van der Waals surface area contributed by atoms with E-state index in [4.69, 9.17) is 5.11 Å². The molecule has 1 saturated heterocycles. The van der Waals surface area contributed by atoms with Crippen LogP contribution in [0.4, 0.5) is 0 Å². The molecule has 4 heteroatoms. The molecule has 1 unspecified atom stereocenters. The summed E-state index contributed by atoms with van der Waals surface area (Å²) >= 11 is 0. The van der Waals surface area contributed by atoms with Gasteiger partial charge in [-0.05, 0) is 51.7 Å². The van der Waals surface area contributed by atoms with E-state index in [-0.39, 0.29) is 6.42 Å². The smallest absolute Gasteiger partial charge is 0.303 e. The molecule has 1 atom stereocenters. The van der Waals surface area contributed by atoms with Crippen molar-refractivity contribution in [1.29, 1.82) is 0 Å². The number of carbonyl (C=O) groups is 1. The Kier molecular flexibility index (Phi) is 5.40. The zero-order valence-electron chi connectivity index (χ0n) is 11.3. The van der Waals surface area contributed by atoms with Gasteiger partial charge in [0.25, 0.3) is 0 Å². The number of nitrogens with zero attached hydrogens (tertiary/aromatic N) is 1. The van der Waals surface area contributed by atoms with Crippen molar-refractivity contribution < 1.29 is 9.90 Å². The van der Waals surface area contributed by atoms with E-state index in [0.717, 1.165) is 6.54 Å². The van der Waals surface area contributed by atoms with Crippen LogP contribution >= 0.6 is 0 Å². The van der Waals surface area contributed by atoms with Crippen LogP contribution in [0.2, 0.25) is 0 Å². The second-order valence-electron chi connectivity index (χ2n) is 5.83. The van der Waals surface area contributed by atoms with Gasteiger partial charge in [0.05, 0.1) is 0 Å². The molecule has 0 aromatic heterocycles. The average molecular weight is 242 g/mol. The summed E-state index contributed by atoms with van der Waals surface area (Å²) in [6.07, 6.45) is 3.42. The summed E-state index contributed by atoms with van der Waals surface area (Å²) in [6.45, 7) is 7.74. The SMILES string of the molecule is CC(CCC(=O)O)NCC1(C)CCN(C)CC1. The van der Waals surface area contributed by atoms with Crippen molar-refractivity contribution in [3.05, 3.63) is 0 Å². The summed E-state index contributed by atoms with van der Waals surface area (Å²) in [4.78, 5) is 12.8. The van der Waals surface area contributed by atoms with Gasteiger partial charge >= 0.3 is 5.97 Å². The lowest BCUT2D eigenvalue weighted by atomic mass is 9.80. The lowest BCUT2D eigenvalue weighted by Crippen LogP contribution is -2.44. The third-order valence-electron chi connectivity index (χ3n) is 3.86. The van der Waals surface area contributed by atoms with Gasteiger partial charge in [0, 0.05) is 19.0 Å². The molecule has 4 nitrogen and oxygen atoms in total. The molecule has 1 heterocycles. The average Bonchev–Trinajstić information content (AvgIpc) is 2.28. The van der Waals surface area contributed by atoms with Crippen LogP contribution < -0.4 is 5.32 Å². The van der Waals surface area contributed by atoms with Crippen LogP contribution in [-0.2, 0) is 4.79 Å². The first-order valence-corrected chi connectivity index (χ1v) is 6.55. The summed E-state index contributed by atoms with van der Waals surface area (Å²) in [7, 11) is 2.17. The third-order valence-corrected chi connectivity index (χ3v) is 3.86. The minimum atomic E-state index is -0.704. The maximum absolute atomic E-state index is 10.5. The van der Waals surface area contributed by atoms with Gasteiger partial charge in [0.1, 0.15) is 0 Å². The minimum absolute atomic E-state index is 0.258. The van der Waals surface area contributed by atoms with Gasteiger partial charge in [-0.15, -0.1) is 0 Å². The van der Waals surface area contributed by atoms with Crippen molar-refractivity contribution in [3.63, 3.8) is 0 Å². The Morgan fingerprint density at radius 2 is 2.06 bits per heavy atom. The van der Waals surface area contributed by atoms with Gasteiger partial charge in [-0.1, -0.05) is 6.92 Å². The minimum Gasteiger partial charge on any atom is -0.481 e. The largest absolute Gasteiger partial charge is 0.481 e. The lowest BCUT2D eigenvalue weighted by molar-refractivity contribution is -0.137. The highest BCUT2D eigenvalue weighted by Crippen LogP contribution is 2.29. The molecule has 1 rings (SSSR count). The fourth-order valence-corrected chi connectivity index (χ4v) is 2.20. The second kappa shape index (κ2) is 6.36. The van der Waals surface area contributed by atoms with Gasteiger partial charge in [0.15, 0.2) is 0 Å². The highest BCUT2D eigenvalue weighted by Gasteiger charge is 2.28. The number of nitrogens with one attached hydrogen (secondary N) is 1. The summed E-state index contributed by atoms with van der Waals surface area (Å²) in [5, 5.41) is 12.1. The number of piperidine rings is 1. The van der Waals surface area contributed by atoms with Crippen molar-refractivity contribution in [3.8, 4) is 0 Å². The fourth-order valence-electron chi connectivity index (χ4n) is 2.20. The van der Waals surface area contributed by atoms with E-state index in [0.29, 0.717) is 17.9 Å². The number of rotatable bonds is 6. The van der Waals surface area contributed by atoms with Gasteiger partial charge in [-0.25, -0.2) is 0 Å². The van der Waals surface area contributed by atoms with Crippen LogP contribution in [0.1, 0.15) is 39.5 Å². The molecule has 0 bridgehead atoms. The lowest BCUT2D eigenvalue weighted by Gasteiger charge is -2.38. The van der Waals surface area contributed by atoms with Crippen LogP contribution in [0.15, 0.2) is 0 Å². The Labute approximate surface area is 104 Å². The fraction of sp³-hybridized carbons (Fsp3) is 0.923. The van der Waals surface area contributed by atoms with Crippen molar-refractivity contribution in [2.24, 2.45) is 5.41 Å². The van der Waals surface area contributed by atoms with E-state index in [1.807, 2.05) is 0 Å². The molecule has 17 heavy (non-hydrogen) atoms. The molecule has 0 radical (unpaired) electrons. The number of aliphatic carboxylic acids is 1. The molecule has 2 N–H and O–H groups in total. The monoisotopic (exact) mass is 242 g/mol. The maximum atomic E-state index is 10.5. The van der Waals surface area contributed by atoms with Gasteiger partial charge in [0.2, 0.25) is 0 Å². The van der Waals surface area contributed by atoms with Gasteiger partial charge < -0.3 is 15.3 Å². The van der Waals surface area contributed by atoms with Gasteiger partial charge in [-0.2, -0.15) is 0 Å². The number of likely N-dealkylation sites (tertiary alicyclic amines) is 1. The Morgan fingerprint density at radius 3 is 2.59 bits per heavy atom. The summed E-state index contributed by atoms with van der Waals surface area (Å²) in [6, 6.07) is 0.294. The van der Waals surface area contributed by atoms with Crippen molar-refractivity contribution in [2.75, 3.05) is 26.7 Å². The Hall–Kier alpha value is -0.610. The molecule has 0 aromatic carbocycles. The van der Waals surface area contributed by atoms with Crippen LogP contribution in [0.25, 0.3) is 0 Å². The molecular weight excluding hydrogens is 216 g/mol. The van der Waals surface area contributed by atoms with Crippen LogP contribution in [-0.4, -0.2) is 48.7 Å². The van der Waals surface area contributed by atoms with Crippen LogP contribution in [0, 0.1) is 5.41 Å². The zero-order valence-corrected chi connectivity index (χ0v) is 11.3. The molecule has 0 aromatic rings. The summed E-state index contributed by atoms with van der Waals surface area (Å²) in [5.41, 5.74) is 0.379. The quantitative estimate of drug-likeness (QED) is 0.742.